The number of sulfonamides is 1. The first-order valence-electron chi connectivity index (χ1n) is 7.13. The zero-order valence-electron chi connectivity index (χ0n) is 13.1. The van der Waals surface area contributed by atoms with Crippen LogP contribution in [0.25, 0.3) is 0 Å². The van der Waals surface area contributed by atoms with E-state index in [4.69, 9.17) is 4.43 Å². The third kappa shape index (κ3) is 4.18. The van der Waals surface area contributed by atoms with Gasteiger partial charge in [0.2, 0.25) is 18.3 Å². The molecule has 1 aromatic rings. The van der Waals surface area contributed by atoms with Gasteiger partial charge in [-0.05, 0) is 44.8 Å². The van der Waals surface area contributed by atoms with E-state index >= 15 is 0 Å². The fourth-order valence-electron chi connectivity index (χ4n) is 2.20. The molecule has 0 atom stereocenters. The van der Waals surface area contributed by atoms with Crippen LogP contribution in [0, 0.1) is 6.92 Å². The van der Waals surface area contributed by atoms with Crippen LogP contribution in [0.4, 0.5) is 0 Å². The first-order valence-corrected chi connectivity index (χ1v) is 12.0. The standard InChI is InChI=1S/C15H23NO3SSi/c1-13-5-7-15(8-6-13)20(17,18)16-11-9-14(10-12-16)19-21(2,3)4/h5-9H,10-12H2,1-4H3. The Labute approximate surface area is 128 Å². The van der Waals surface area contributed by atoms with Gasteiger partial charge in [-0.1, -0.05) is 17.7 Å². The molecule has 0 saturated carbocycles. The summed E-state index contributed by atoms with van der Waals surface area (Å²) in [4.78, 5) is 0.357. The highest BCUT2D eigenvalue weighted by atomic mass is 32.2. The van der Waals surface area contributed by atoms with E-state index in [0.29, 0.717) is 24.4 Å². The number of rotatable bonds is 4. The second-order valence-corrected chi connectivity index (χ2v) is 12.7. The second kappa shape index (κ2) is 5.94. The first kappa shape index (κ1) is 16.3. The molecule has 0 spiro atoms. The van der Waals surface area contributed by atoms with E-state index in [1.54, 1.807) is 12.1 Å². The molecule has 1 aromatic carbocycles. The molecule has 4 nitrogen and oxygen atoms in total. The zero-order valence-corrected chi connectivity index (χ0v) is 14.9. The van der Waals surface area contributed by atoms with Gasteiger partial charge in [0.15, 0.2) is 0 Å². The number of aryl methyl sites for hydroxylation is 1. The smallest absolute Gasteiger partial charge is 0.243 e. The Bertz CT molecular complexity index is 630. The van der Waals surface area contributed by atoms with Gasteiger partial charge in [-0.3, -0.25) is 0 Å². The second-order valence-electron chi connectivity index (χ2n) is 6.31. The number of benzene rings is 1. The van der Waals surface area contributed by atoms with Crippen LogP contribution < -0.4 is 0 Å². The van der Waals surface area contributed by atoms with Crippen molar-refractivity contribution in [1.82, 2.24) is 4.31 Å². The van der Waals surface area contributed by atoms with E-state index in [0.717, 1.165) is 11.3 Å². The zero-order chi connectivity index (χ0) is 15.7. The molecule has 0 bridgehead atoms. The molecule has 1 aliphatic heterocycles. The van der Waals surface area contributed by atoms with Crippen molar-refractivity contribution in [3.63, 3.8) is 0 Å². The molecule has 0 aromatic heterocycles. The SMILES string of the molecule is Cc1ccc(S(=O)(=O)N2CC=C(O[Si](C)(C)C)CC2)cc1. The van der Waals surface area contributed by atoms with E-state index < -0.39 is 18.3 Å². The molecule has 0 fully saturated rings. The summed E-state index contributed by atoms with van der Waals surface area (Å²) in [7, 11) is -5.02. The van der Waals surface area contributed by atoms with E-state index in [2.05, 4.69) is 19.6 Å². The van der Waals surface area contributed by atoms with Crippen LogP contribution in [0.5, 0.6) is 0 Å². The monoisotopic (exact) mass is 325 g/mol. The van der Waals surface area contributed by atoms with E-state index in [1.165, 1.54) is 4.31 Å². The minimum Gasteiger partial charge on any atom is -0.547 e. The number of hydrogen-bond acceptors (Lipinski definition) is 3. The average Bonchev–Trinajstić information content (AvgIpc) is 2.38. The fourth-order valence-corrected chi connectivity index (χ4v) is 4.55. The molecule has 2 rings (SSSR count). The maximum absolute atomic E-state index is 12.6. The summed E-state index contributed by atoms with van der Waals surface area (Å²) in [6.07, 6.45) is 2.54. The predicted octanol–water partition coefficient (Wildman–Crippen LogP) is 3.12. The minimum absolute atomic E-state index is 0.357. The van der Waals surface area contributed by atoms with Crippen molar-refractivity contribution >= 4 is 18.3 Å². The number of nitrogens with zero attached hydrogens (tertiary/aromatic N) is 1. The Morgan fingerprint density at radius 3 is 2.24 bits per heavy atom. The first-order chi connectivity index (χ1) is 9.68. The molecule has 21 heavy (non-hydrogen) atoms. The highest BCUT2D eigenvalue weighted by molar-refractivity contribution is 7.89. The van der Waals surface area contributed by atoms with Crippen LogP contribution in [0.1, 0.15) is 12.0 Å². The Morgan fingerprint density at radius 2 is 1.76 bits per heavy atom. The molecule has 116 valence electrons. The molecule has 0 N–H and O–H groups in total. The van der Waals surface area contributed by atoms with Gasteiger partial charge in [0, 0.05) is 19.5 Å². The molecular weight excluding hydrogens is 302 g/mol. The van der Waals surface area contributed by atoms with Crippen LogP contribution in [-0.4, -0.2) is 34.1 Å². The van der Waals surface area contributed by atoms with Crippen LogP contribution in [0.2, 0.25) is 19.6 Å². The largest absolute Gasteiger partial charge is 0.547 e. The van der Waals surface area contributed by atoms with Crippen LogP contribution >= 0.6 is 0 Å². The maximum Gasteiger partial charge on any atom is 0.243 e. The van der Waals surface area contributed by atoms with E-state index in [9.17, 15) is 8.42 Å². The van der Waals surface area contributed by atoms with Gasteiger partial charge >= 0.3 is 0 Å². The quantitative estimate of drug-likeness (QED) is 0.799. The summed E-state index contributed by atoms with van der Waals surface area (Å²) >= 11 is 0. The van der Waals surface area contributed by atoms with Crippen molar-refractivity contribution in [3.8, 4) is 0 Å². The Morgan fingerprint density at radius 1 is 1.14 bits per heavy atom. The maximum atomic E-state index is 12.6. The molecule has 0 radical (unpaired) electrons. The van der Waals surface area contributed by atoms with Crippen molar-refractivity contribution in [2.45, 2.75) is 37.9 Å². The molecule has 0 aliphatic carbocycles. The summed E-state index contributed by atoms with van der Waals surface area (Å²) in [6, 6.07) is 6.99. The van der Waals surface area contributed by atoms with E-state index in [-0.39, 0.29) is 0 Å². The lowest BCUT2D eigenvalue weighted by molar-refractivity contribution is 0.341. The summed E-state index contributed by atoms with van der Waals surface area (Å²) < 4.78 is 32.6. The summed E-state index contributed by atoms with van der Waals surface area (Å²) in [6.45, 7) is 9.19. The third-order valence-electron chi connectivity index (χ3n) is 3.23. The van der Waals surface area contributed by atoms with Gasteiger partial charge in [0.1, 0.15) is 0 Å². The van der Waals surface area contributed by atoms with Crippen molar-refractivity contribution in [2.24, 2.45) is 0 Å². The molecule has 0 saturated heterocycles. The molecular formula is C15H23NO3SSi. The van der Waals surface area contributed by atoms with Crippen LogP contribution in [0.15, 0.2) is 41.0 Å². The van der Waals surface area contributed by atoms with Crippen LogP contribution in [0.3, 0.4) is 0 Å². The number of hydrogen-bond donors (Lipinski definition) is 0. The van der Waals surface area contributed by atoms with Gasteiger partial charge in [-0.2, -0.15) is 4.31 Å². The van der Waals surface area contributed by atoms with Crippen molar-refractivity contribution in [2.75, 3.05) is 13.1 Å². The average molecular weight is 326 g/mol. The van der Waals surface area contributed by atoms with Gasteiger partial charge < -0.3 is 4.43 Å². The van der Waals surface area contributed by atoms with Crippen molar-refractivity contribution in [3.05, 3.63) is 41.7 Å². The highest BCUT2D eigenvalue weighted by Gasteiger charge is 2.27. The van der Waals surface area contributed by atoms with Gasteiger partial charge in [0.25, 0.3) is 0 Å². The van der Waals surface area contributed by atoms with Gasteiger partial charge in [-0.15, -0.1) is 0 Å². The van der Waals surface area contributed by atoms with Crippen molar-refractivity contribution in [1.29, 1.82) is 0 Å². The molecule has 0 amide bonds. The molecule has 1 heterocycles. The highest BCUT2D eigenvalue weighted by Crippen LogP contribution is 2.23. The lowest BCUT2D eigenvalue weighted by Crippen LogP contribution is -2.36. The molecule has 0 unspecified atom stereocenters. The summed E-state index contributed by atoms with van der Waals surface area (Å²) in [5, 5.41) is 0. The Kier molecular flexibility index (Phi) is 4.60. The summed E-state index contributed by atoms with van der Waals surface area (Å²) in [5.41, 5.74) is 1.05. The third-order valence-corrected chi connectivity index (χ3v) is 5.98. The Hall–Kier alpha value is -1.11. The normalized spacial score (nSPS) is 17.4. The van der Waals surface area contributed by atoms with E-state index in [1.807, 2.05) is 25.1 Å². The minimum atomic E-state index is -3.40. The molecule has 1 aliphatic rings. The fraction of sp³-hybridized carbons (Fsp3) is 0.467. The lowest BCUT2D eigenvalue weighted by atomic mass is 10.2. The van der Waals surface area contributed by atoms with Crippen molar-refractivity contribution < 1.29 is 12.8 Å². The van der Waals surface area contributed by atoms with Gasteiger partial charge in [-0.25, -0.2) is 8.42 Å². The van der Waals surface area contributed by atoms with Gasteiger partial charge in [0.05, 0.1) is 10.7 Å². The Balaban J connectivity index is 2.12. The predicted molar refractivity (Wildman–Crippen MR) is 87.1 cm³/mol. The molecule has 6 heteroatoms. The summed E-state index contributed by atoms with van der Waals surface area (Å²) in [5.74, 6) is 0.935. The topological polar surface area (TPSA) is 46.6 Å². The lowest BCUT2D eigenvalue weighted by Gasteiger charge is -2.29. The van der Waals surface area contributed by atoms with Crippen LogP contribution in [-0.2, 0) is 14.4 Å².